The number of thiophene rings is 1. The van der Waals surface area contributed by atoms with Gasteiger partial charge in [-0.05, 0) is 46.6 Å². The fourth-order valence-corrected chi connectivity index (χ4v) is 3.56. The molecule has 2 atom stereocenters. The van der Waals surface area contributed by atoms with E-state index in [2.05, 4.69) is 21.2 Å². The number of halogens is 2. The summed E-state index contributed by atoms with van der Waals surface area (Å²) in [6.45, 7) is 0. The van der Waals surface area contributed by atoms with Crippen molar-refractivity contribution < 1.29 is 4.79 Å². The molecular formula is C10H11BrClNOS. The summed E-state index contributed by atoms with van der Waals surface area (Å²) in [7, 11) is 0. The molecule has 1 heterocycles. The predicted molar refractivity (Wildman–Crippen MR) is 66.8 cm³/mol. The van der Waals surface area contributed by atoms with E-state index in [1.54, 1.807) is 0 Å². The SMILES string of the molecule is O=C(NC1CCCC1Cl)c1sccc1Br. The van der Waals surface area contributed by atoms with Gasteiger partial charge in [-0.15, -0.1) is 22.9 Å². The molecule has 1 aliphatic carbocycles. The number of carbonyl (C=O) groups excluding carboxylic acids is 1. The highest BCUT2D eigenvalue weighted by Gasteiger charge is 2.27. The Morgan fingerprint density at radius 2 is 2.40 bits per heavy atom. The van der Waals surface area contributed by atoms with Crippen LogP contribution in [-0.2, 0) is 0 Å². The lowest BCUT2D eigenvalue weighted by atomic mass is 10.2. The van der Waals surface area contributed by atoms with Gasteiger partial charge in [-0.1, -0.05) is 0 Å². The average Bonchev–Trinajstić information content (AvgIpc) is 2.76. The van der Waals surface area contributed by atoms with Crippen LogP contribution < -0.4 is 5.32 Å². The van der Waals surface area contributed by atoms with Crippen molar-refractivity contribution in [3.8, 4) is 0 Å². The van der Waals surface area contributed by atoms with Crippen molar-refractivity contribution in [2.24, 2.45) is 0 Å². The van der Waals surface area contributed by atoms with E-state index in [1.807, 2.05) is 11.4 Å². The second-order valence-corrected chi connectivity index (χ2v) is 5.96. The number of hydrogen-bond acceptors (Lipinski definition) is 2. The maximum atomic E-state index is 11.8. The standard InChI is InChI=1S/C10H11BrClNOS/c11-6-4-5-15-9(6)10(14)13-8-3-1-2-7(8)12/h4-5,7-8H,1-3H2,(H,13,14). The number of rotatable bonds is 2. The first-order valence-electron chi connectivity index (χ1n) is 4.86. The molecule has 2 unspecified atom stereocenters. The summed E-state index contributed by atoms with van der Waals surface area (Å²) in [5, 5.41) is 4.97. The smallest absolute Gasteiger partial charge is 0.262 e. The molecule has 1 aromatic rings. The number of carbonyl (C=O) groups is 1. The number of nitrogens with one attached hydrogen (secondary N) is 1. The summed E-state index contributed by atoms with van der Waals surface area (Å²) >= 11 is 10.9. The van der Waals surface area contributed by atoms with Crippen molar-refractivity contribution in [1.29, 1.82) is 0 Å². The maximum Gasteiger partial charge on any atom is 0.262 e. The topological polar surface area (TPSA) is 29.1 Å². The van der Waals surface area contributed by atoms with Crippen molar-refractivity contribution in [1.82, 2.24) is 5.32 Å². The molecule has 1 fully saturated rings. The fraction of sp³-hybridized carbons (Fsp3) is 0.500. The molecule has 0 radical (unpaired) electrons. The van der Waals surface area contributed by atoms with E-state index < -0.39 is 0 Å². The van der Waals surface area contributed by atoms with Crippen molar-refractivity contribution in [2.75, 3.05) is 0 Å². The molecule has 1 aliphatic rings. The van der Waals surface area contributed by atoms with Gasteiger partial charge in [0, 0.05) is 10.5 Å². The molecule has 15 heavy (non-hydrogen) atoms. The molecule has 0 aliphatic heterocycles. The molecule has 1 saturated carbocycles. The fourth-order valence-electron chi connectivity index (χ4n) is 1.77. The zero-order chi connectivity index (χ0) is 10.8. The predicted octanol–water partition coefficient (Wildman–Crippen LogP) is 3.40. The molecule has 82 valence electrons. The first kappa shape index (κ1) is 11.4. The quantitative estimate of drug-likeness (QED) is 0.834. The number of hydrogen-bond donors (Lipinski definition) is 1. The summed E-state index contributed by atoms with van der Waals surface area (Å²) < 4.78 is 0.856. The van der Waals surface area contributed by atoms with Crippen LogP contribution in [0.5, 0.6) is 0 Å². The van der Waals surface area contributed by atoms with Gasteiger partial charge in [0.15, 0.2) is 0 Å². The molecule has 2 rings (SSSR count). The monoisotopic (exact) mass is 307 g/mol. The molecule has 1 aromatic heterocycles. The minimum atomic E-state index is -0.0191. The van der Waals surface area contributed by atoms with Gasteiger partial charge in [-0.25, -0.2) is 0 Å². The summed E-state index contributed by atoms with van der Waals surface area (Å²) in [5.41, 5.74) is 0. The van der Waals surface area contributed by atoms with Crippen LogP contribution in [0, 0.1) is 0 Å². The highest BCUT2D eigenvalue weighted by atomic mass is 79.9. The van der Waals surface area contributed by atoms with E-state index in [0.717, 1.165) is 28.6 Å². The highest BCUT2D eigenvalue weighted by molar-refractivity contribution is 9.10. The molecule has 2 nitrogen and oxygen atoms in total. The Balaban J connectivity index is 2.01. The summed E-state index contributed by atoms with van der Waals surface area (Å²) in [6, 6.07) is 2.01. The van der Waals surface area contributed by atoms with Gasteiger partial charge in [0.1, 0.15) is 4.88 Å². The van der Waals surface area contributed by atoms with Crippen LogP contribution in [0.2, 0.25) is 0 Å². The van der Waals surface area contributed by atoms with E-state index in [1.165, 1.54) is 11.3 Å². The third-order valence-corrected chi connectivity index (χ3v) is 4.93. The van der Waals surface area contributed by atoms with Gasteiger partial charge in [0.05, 0.1) is 5.38 Å². The second-order valence-electron chi connectivity index (χ2n) is 3.62. The van der Waals surface area contributed by atoms with E-state index in [9.17, 15) is 4.79 Å². The molecule has 0 spiro atoms. The van der Waals surface area contributed by atoms with E-state index >= 15 is 0 Å². The maximum absolute atomic E-state index is 11.8. The third kappa shape index (κ3) is 2.55. The van der Waals surface area contributed by atoms with Crippen LogP contribution in [0.15, 0.2) is 15.9 Å². The Hall–Kier alpha value is -0.0600. The first-order valence-corrected chi connectivity index (χ1v) is 6.97. The largest absolute Gasteiger partial charge is 0.347 e. The lowest BCUT2D eigenvalue weighted by Crippen LogP contribution is -2.37. The van der Waals surface area contributed by atoms with Gasteiger partial charge in [-0.3, -0.25) is 4.79 Å². The molecule has 0 bridgehead atoms. The third-order valence-electron chi connectivity index (χ3n) is 2.57. The highest BCUT2D eigenvalue weighted by Crippen LogP contribution is 2.26. The molecule has 1 amide bonds. The molecule has 1 N–H and O–H groups in total. The second kappa shape index (κ2) is 4.85. The summed E-state index contributed by atoms with van der Waals surface area (Å²) in [5.74, 6) is -0.0191. The van der Waals surface area contributed by atoms with Gasteiger partial charge in [0.25, 0.3) is 5.91 Å². The van der Waals surface area contributed by atoms with Gasteiger partial charge in [-0.2, -0.15) is 0 Å². The zero-order valence-corrected chi connectivity index (χ0v) is 11.2. The molecular weight excluding hydrogens is 298 g/mol. The van der Waals surface area contributed by atoms with Crippen LogP contribution in [0.1, 0.15) is 28.9 Å². The lowest BCUT2D eigenvalue weighted by Gasteiger charge is -2.15. The van der Waals surface area contributed by atoms with E-state index in [4.69, 9.17) is 11.6 Å². The molecule has 5 heteroatoms. The van der Waals surface area contributed by atoms with Crippen LogP contribution >= 0.6 is 38.9 Å². The van der Waals surface area contributed by atoms with Crippen molar-refractivity contribution in [2.45, 2.75) is 30.7 Å². The van der Waals surface area contributed by atoms with E-state index in [0.29, 0.717) is 0 Å². The minimum absolute atomic E-state index is 0.0191. The minimum Gasteiger partial charge on any atom is -0.347 e. The van der Waals surface area contributed by atoms with Gasteiger partial charge >= 0.3 is 0 Å². The summed E-state index contributed by atoms with van der Waals surface area (Å²) in [4.78, 5) is 12.6. The van der Waals surface area contributed by atoms with Crippen LogP contribution in [0.3, 0.4) is 0 Å². The average molecular weight is 309 g/mol. The Morgan fingerprint density at radius 3 is 2.93 bits per heavy atom. The van der Waals surface area contributed by atoms with Crippen LogP contribution in [-0.4, -0.2) is 17.3 Å². The Morgan fingerprint density at radius 1 is 1.60 bits per heavy atom. The van der Waals surface area contributed by atoms with Crippen LogP contribution in [0.4, 0.5) is 0 Å². The van der Waals surface area contributed by atoms with Crippen molar-refractivity contribution >= 4 is 44.8 Å². The number of amides is 1. The first-order chi connectivity index (χ1) is 7.18. The Kier molecular flexibility index (Phi) is 3.69. The van der Waals surface area contributed by atoms with Crippen LogP contribution in [0.25, 0.3) is 0 Å². The van der Waals surface area contributed by atoms with Crippen molar-refractivity contribution in [3.63, 3.8) is 0 Å². The number of alkyl halides is 1. The van der Waals surface area contributed by atoms with E-state index in [-0.39, 0.29) is 17.3 Å². The van der Waals surface area contributed by atoms with Gasteiger partial charge in [0.2, 0.25) is 0 Å². The van der Waals surface area contributed by atoms with Crippen molar-refractivity contribution in [3.05, 3.63) is 20.8 Å². The summed E-state index contributed by atoms with van der Waals surface area (Å²) in [6.07, 6.45) is 3.09. The lowest BCUT2D eigenvalue weighted by molar-refractivity contribution is 0.0942. The molecule has 0 saturated heterocycles. The molecule has 0 aromatic carbocycles. The zero-order valence-electron chi connectivity index (χ0n) is 8.00. The van der Waals surface area contributed by atoms with Gasteiger partial charge < -0.3 is 5.32 Å². The Bertz CT molecular complexity index is 368. The normalized spacial score (nSPS) is 25.5. The Labute approximate surface area is 106 Å².